The van der Waals surface area contributed by atoms with Crippen LogP contribution in [0, 0.1) is 0 Å². The molecule has 0 aromatic carbocycles. The Kier molecular flexibility index (Phi) is 3.61. The van der Waals surface area contributed by atoms with Gasteiger partial charge in [0.15, 0.2) is 0 Å². The lowest BCUT2D eigenvalue weighted by Crippen LogP contribution is -2.18. The molecule has 0 saturated heterocycles. The summed E-state index contributed by atoms with van der Waals surface area (Å²) in [6, 6.07) is 2.57. The number of pyridine rings is 1. The van der Waals surface area contributed by atoms with Gasteiger partial charge >= 0.3 is 6.18 Å². The third kappa shape index (κ3) is 2.97. The van der Waals surface area contributed by atoms with E-state index < -0.39 is 11.9 Å². The Bertz CT molecular complexity index is 338. The van der Waals surface area contributed by atoms with E-state index in [0.29, 0.717) is 0 Å². The Morgan fingerprint density at radius 2 is 1.81 bits per heavy atom. The summed E-state index contributed by atoms with van der Waals surface area (Å²) in [4.78, 5) is 3.47. The van der Waals surface area contributed by atoms with Crippen LogP contribution in [0.4, 0.5) is 13.2 Å². The minimum Gasteiger partial charge on any atom is -0.251 e. The van der Waals surface area contributed by atoms with Crippen LogP contribution in [0.1, 0.15) is 44.9 Å². The lowest BCUT2D eigenvalue weighted by Gasteiger charge is -2.24. The zero-order valence-corrected chi connectivity index (χ0v) is 9.73. The Morgan fingerprint density at radius 1 is 1.19 bits per heavy atom. The Labute approximate surface area is 93.7 Å². The maximum absolute atomic E-state index is 12.3. The molecule has 1 nitrogen and oxygen atoms in total. The number of aromatic nitrogens is 1. The number of hydrogen-bond donors (Lipinski definition) is 0. The third-order valence-electron chi connectivity index (χ3n) is 2.71. The van der Waals surface area contributed by atoms with Crippen LogP contribution < -0.4 is 0 Å². The van der Waals surface area contributed by atoms with Crippen LogP contribution in [0.25, 0.3) is 0 Å². The van der Waals surface area contributed by atoms with Gasteiger partial charge in [-0.1, -0.05) is 33.3 Å². The molecule has 0 bridgehead atoms. The van der Waals surface area contributed by atoms with Crippen LogP contribution in [-0.4, -0.2) is 4.98 Å². The Balaban J connectivity index is 2.95. The molecule has 0 fully saturated rings. The summed E-state index contributed by atoms with van der Waals surface area (Å²) in [5.74, 6) is 0. The number of rotatable bonds is 3. The molecule has 1 aromatic rings. The Hall–Kier alpha value is -1.06. The highest BCUT2D eigenvalue weighted by atomic mass is 19.4. The molecule has 0 aliphatic carbocycles. The van der Waals surface area contributed by atoms with E-state index in [1.54, 1.807) is 0 Å². The second-order valence-corrected chi connectivity index (χ2v) is 4.56. The van der Waals surface area contributed by atoms with Gasteiger partial charge in [-0.15, -0.1) is 0 Å². The van der Waals surface area contributed by atoms with Gasteiger partial charge in [0, 0.05) is 6.20 Å². The minimum absolute atomic E-state index is 0.119. The molecule has 0 saturated carbocycles. The van der Waals surface area contributed by atoms with Crippen molar-refractivity contribution in [3.05, 3.63) is 29.6 Å². The molecular formula is C12H16F3N. The van der Waals surface area contributed by atoms with Crippen molar-refractivity contribution in [2.75, 3.05) is 0 Å². The smallest absolute Gasteiger partial charge is 0.251 e. The molecule has 0 N–H and O–H groups in total. The second-order valence-electron chi connectivity index (χ2n) is 4.56. The van der Waals surface area contributed by atoms with E-state index in [0.717, 1.165) is 24.5 Å². The topological polar surface area (TPSA) is 12.9 Å². The van der Waals surface area contributed by atoms with Gasteiger partial charge in [0.25, 0.3) is 0 Å². The molecule has 0 atom stereocenters. The zero-order valence-electron chi connectivity index (χ0n) is 9.73. The van der Waals surface area contributed by atoms with Gasteiger partial charge in [-0.25, -0.2) is 0 Å². The lowest BCUT2D eigenvalue weighted by atomic mass is 9.81. The molecule has 0 aliphatic heterocycles. The van der Waals surface area contributed by atoms with E-state index in [-0.39, 0.29) is 5.41 Å². The average molecular weight is 231 g/mol. The summed E-state index contributed by atoms with van der Waals surface area (Å²) < 4.78 is 36.9. The van der Waals surface area contributed by atoms with Crippen LogP contribution in [-0.2, 0) is 11.6 Å². The largest absolute Gasteiger partial charge is 0.433 e. The number of halogens is 3. The molecule has 0 aliphatic rings. The van der Waals surface area contributed by atoms with E-state index in [2.05, 4.69) is 11.9 Å². The van der Waals surface area contributed by atoms with Crippen LogP contribution in [0.3, 0.4) is 0 Å². The van der Waals surface area contributed by atoms with Crippen molar-refractivity contribution in [1.29, 1.82) is 0 Å². The fourth-order valence-electron chi connectivity index (χ4n) is 1.73. The van der Waals surface area contributed by atoms with Crippen molar-refractivity contribution in [1.82, 2.24) is 4.98 Å². The van der Waals surface area contributed by atoms with Gasteiger partial charge in [-0.05, 0) is 23.5 Å². The molecule has 1 rings (SSSR count). The van der Waals surface area contributed by atoms with Gasteiger partial charge in [0.2, 0.25) is 0 Å². The molecule has 16 heavy (non-hydrogen) atoms. The first-order valence-electron chi connectivity index (χ1n) is 5.31. The highest BCUT2D eigenvalue weighted by molar-refractivity contribution is 5.23. The lowest BCUT2D eigenvalue weighted by molar-refractivity contribution is -0.141. The van der Waals surface area contributed by atoms with Gasteiger partial charge in [0.1, 0.15) is 5.69 Å². The molecule has 0 unspecified atom stereocenters. The third-order valence-corrected chi connectivity index (χ3v) is 2.71. The number of hydrogen-bond acceptors (Lipinski definition) is 1. The summed E-state index contributed by atoms with van der Waals surface area (Å²) in [6.07, 6.45) is -1.10. The normalized spacial score (nSPS) is 12.9. The van der Waals surface area contributed by atoms with Crippen LogP contribution >= 0.6 is 0 Å². The van der Waals surface area contributed by atoms with E-state index in [1.807, 2.05) is 13.8 Å². The predicted molar refractivity (Wildman–Crippen MR) is 57.2 cm³/mol. The molecular weight excluding hydrogens is 215 g/mol. The SMILES string of the molecule is CCCC(C)(C)c1ccc(C(F)(F)F)nc1. The summed E-state index contributed by atoms with van der Waals surface area (Å²) in [7, 11) is 0. The van der Waals surface area contributed by atoms with Crippen molar-refractivity contribution in [2.24, 2.45) is 0 Å². The summed E-state index contributed by atoms with van der Waals surface area (Å²) >= 11 is 0. The maximum atomic E-state index is 12.3. The predicted octanol–water partition coefficient (Wildman–Crippen LogP) is 4.18. The van der Waals surface area contributed by atoms with Gasteiger partial charge in [-0.3, -0.25) is 4.98 Å². The first kappa shape index (κ1) is 13.0. The fraction of sp³-hybridized carbons (Fsp3) is 0.583. The Morgan fingerprint density at radius 3 is 2.19 bits per heavy atom. The highest BCUT2D eigenvalue weighted by Crippen LogP contribution is 2.31. The number of nitrogens with zero attached hydrogens (tertiary/aromatic N) is 1. The van der Waals surface area contributed by atoms with Gasteiger partial charge < -0.3 is 0 Å². The summed E-state index contributed by atoms with van der Waals surface area (Å²) in [5, 5.41) is 0. The van der Waals surface area contributed by atoms with Crippen LogP contribution in [0.5, 0.6) is 0 Å². The van der Waals surface area contributed by atoms with Gasteiger partial charge in [0.05, 0.1) is 0 Å². The quantitative estimate of drug-likeness (QED) is 0.760. The minimum atomic E-state index is -4.35. The summed E-state index contributed by atoms with van der Waals surface area (Å²) in [6.45, 7) is 6.08. The average Bonchev–Trinajstić information content (AvgIpc) is 2.16. The van der Waals surface area contributed by atoms with E-state index in [9.17, 15) is 13.2 Å². The van der Waals surface area contributed by atoms with Crippen molar-refractivity contribution < 1.29 is 13.2 Å². The monoisotopic (exact) mass is 231 g/mol. The van der Waals surface area contributed by atoms with E-state index >= 15 is 0 Å². The van der Waals surface area contributed by atoms with Crippen molar-refractivity contribution in [3.8, 4) is 0 Å². The molecule has 0 amide bonds. The molecule has 90 valence electrons. The fourth-order valence-corrected chi connectivity index (χ4v) is 1.73. The first-order chi connectivity index (χ1) is 7.27. The standard InChI is InChI=1S/C12H16F3N/c1-4-7-11(2,3)9-5-6-10(16-8-9)12(13,14)15/h5-6,8H,4,7H2,1-3H3. The first-order valence-corrected chi connectivity index (χ1v) is 5.31. The zero-order chi connectivity index (χ0) is 12.4. The van der Waals surface area contributed by atoms with E-state index in [1.165, 1.54) is 12.3 Å². The summed E-state index contributed by atoms with van der Waals surface area (Å²) in [5.41, 5.74) is -0.0998. The molecule has 0 spiro atoms. The maximum Gasteiger partial charge on any atom is 0.433 e. The second kappa shape index (κ2) is 4.44. The van der Waals surface area contributed by atoms with Gasteiger partial charge in [-0.2, -0.15) is 13.2 Å². The van der Waals surface area contributed by atoms with Crippen LogP contribution in [0.15, 0.2) is 18.3 Å². The molecule has 0 radical (unpaired) electrons. The molecule has 4 heteroatoms. The van der Waals surface area contributed by atoms with Crippen molar-refractivity contribution in [3.63, 3.8) is 0 Å². The van der Waals surface area contributed by atoms with Crippen molar-refractivity contribution >= 4 is 0 Å². The number of alkyl halides is 3. The highest BCUT2D eigenvalue weighted by Gasteiger charge is 2.32. The molecule has 1 heterocycles. The van der Waals surface area contributed by atoms with Crippen LogP contribution in [0.2, 0.25) is 0 Å². The van der Waals surface area contributed by atoms with E-state index in [4.69, 9.17) is 0 Å². The molecule has 1 aromatic heterocycles. The van der Waals surface area contributed by atoms with Crippen molar-refractivity contribution in [2.45, 2.75) is 45.2 Å².